The Morgan fingerprint density at radius 2 is 1.02 bits per heavy atom. The van der Waals surface area contributed by atoms with E-state index in [1.807, 2.05) is 0 Å². The van der Waals surface area contributed by atoms with Gasteiger partial charge >= 0.3 is 0 Å². The van der Waals surface area contributed by atoms with Gasteiger partial charge in [-0.1, -0.05) is 135 Å². The van der Waals surface area contributed by atoms with Gasteiger partial charge in [-0.15, -0.1) is 0 Å². The van der Waals surface area contributed by atoms with E-state index >= 15 is 0 Å². The summed E-state index contributed by atoms with van der Waals surface area (Å²) in [6.45, 7) is 6.92. The Hall–Kier alpha value is -5.14. The fraction of sp³-hybridized carbons (Fsp3) is 0.116. The van der Waals surface area contributed by atoms with Gasteiger partial charge in [0.05, 0.1) is 0 Å². The summed E-state index contributed by atoms with van der Waals surface area (Å²) in [7, 11) is 2.18. The number of hydrogen-bond donors (Lipinski definition) is 0. The van der Waals surface area contributed by atoms with Crippen LogP contribution < -0.4 is 4.90 Å². The topological polar surface area (TPSA) is 3.24 Å². The van der Waals surface area contributed by atoms with Gasteiger partial charge in [-0.3, -0.25) is 0 Å². The van der Waals surface area contributed by atoms with Gasteiger partial charge in [0.2, 0.25) is 0 Å². The molecule has 0 aromatic heterocycles. The molecule has 0 saturated heterocycles. The minimum absolute atomic E-state index is 0.0905. The van der Waals surface area contributed by atoms with Gasteiger partial charge in [-0.25, -0.2) is 0 Å². The molecular formula is C43H35N. The lowest BCUT2D eigenvalue weighted by Gasteiger charge is -2.27. The van der Waals surface area contributed by atoms with Crippen LogP contribution in [0.2, 0.25) is 0 Å². The highest BCUT2D eigenvalue weighted by Gasteiger charge is 2.37. The van der Waals surface area contributed by atoms with Crippen LogP contribution in [0, 0.1) is 0 Å². The van der Waals surface area contributed by atoms with Crippen molar-refractivity contribution in [1.29, 1.82) is 0 Å². The molecule has 0 atom stereocenters. The molecule has 7 aromatic rings. The van der Waals surface area contributed by atoms with E-state index < -0.39 is 0 Å². The lowest BCUT2D eigenvalue weighted by atomic mass is 9.79. The van der Waals surface area contributed by atoms with Crippen LogP contribution in [-0.2, 0) is 5.41 Å². The molecule has 7 aromatic carbocycles. The smallest absolute Gasteiger partial charge is 0.0450 e. The monoisotopic (exact) mass is 565 g/mol. The molecule has 8 rings (SSSR count). The zero-order valence-electron chi connectivity index (χ0n) is 25.7. The number of fused-ring (bicyclic) bond motifs is 7. The van der Waals surface area contributed by atoms with Gasteiger partial charge in [0, 0.05) is 29.4 Å². The van der Waals surface area contributed by atoms with Crippen LogP contribution in [0.15, 0.2) is 140 Å². The maximum atomic E-state index is 2.51. The summed E-state index contributed by atoms with van der Waals surface area (Å²) in [6, 6.07) is 49.1. The summed E-state index contributed by atoms with van der Waals surface area (Å²) in [5, 5.41) is 7.72. The maximum absolute atomic E-state index is 2.51. The Morgan fingerprint density at radius 1 is 0.523 bits per heavy atom. The molecule has 0 fully saturated rings. The van der Waals surface area contributed by atoms with E-state index in [9.17, 15) is 0 Å². The second-order valence-corrected chi connectivity index (χ2v) is 12.5. The molecule has 0 bridgehead atoms. The number of anilines is 1. The van der Waals surface area contributed by atoms with E-state index in [0.717, 1.165) is 0 Å². The molecule has 1 aliphatic carbocycles. The van der Waals surface area contributed by atoms with Gasteiger partial charge in [0.25, 0.3) is 0 Å². The number of nitrogens with zero attached hydrogens (tertiary/aromatic N) is 1. The van der Waals surface area contributed by atoms with Crippen molar-refractivity contribution >= 4 is 43.7 Å². The molecule has 0 spiro atoms. The van der Waals surface area contributed by atoms with Gasteiger partial charge in [-0.2, -0.15) is 0 Å². The molecule has 0 unspecified atom stereocenters. The van der Waals surface area contributed by atoms with Gasteiger partial charge in [0.1, 0.15) is 0 Å². The van der Waals surface area contributed by atoms with Crippen molar-refractivity contribution in [1.82, 2.24) is 0 Å². The third kappa shape index (κ3) is 3.72. The van der Waals surface area contributed by atoms with E-state index in [1.54, 1.807) is 0 Å². The lowest BCUT2D eigenvalue weighted by Crippen LogP contribution is -2.16. The van der Waals surface area contributed by atoms with E-state index in [2.05, 4.69) is 172 Å². The zero-order chi connectivity index (χ0) is 30.0. The number of allylic oxidation sites excluding steroid dienone is 1. The molecule has 44 heavy (non-hydrogen) atoms. The molecule has 0 amide bonds. The second-order valence-electron chi connectivity index (χ2n) is 12.5. The third-order valence-corrected chi connectivity index (χ3v) is 9.82. The molecule has 0 N–H and O–H groups in total. The van der Waals surface area contributed by atoms with Crippen molar-refractivity contribution in [2.45, 2.75) is 26.2 Å². The van der Waals surface area contributed by atoms with Gasteiger partial charge in [0.15, 0.2) is 0 Å². The van der Waals surface area contributed by atoms with Crippen LogP contribution >= 0.6 is 0 Å². The summed E-state index contributed by atoms with van der Waals surface area (Å²) in [6.07, 6.45) is 2.26. The highest BCUT2D eigenvalue weighted by Crippen LogP contribution is 2.54. The maximum Gasteiger partial charge on any atom is 0.0450 e. The van der Waals surface area contributed by atoms with E-state index in [1.165, 1.54) is 82.6 Å². The van der Waals surface area contributed by atoms with Crippen molar-refractivity contribution in [2.24, 2.45) is 0 Å². The summed E-state index contributed by atoms with van der Waals surface area (Å²) < 4.78 is 0. The molecule has 1 nitrogen and oxygen atoms in total. The Bertz CT molecular complexity index is 2210. The fourth-order valence-electron chi connectivity index (χ4n) is 7.75. The van der Waals surface area contributed by atoms with Crippen LogP contribution in [-0.4, -0.2) is 7.05 Å². The summed E-state index contributed by atoms with van der Waals surface area (Å²) in [4.78, 5) is 2.32. The van der Waals surface area contributed by atoms with Crippen LogP contribution in [0.3, 0.4) is 0 Å². The fourth-order valence-corrected chi connectivity index (χ4v) is 7.75. The standard InChI is InChI=1S/C43H35N/c1-5-39(44(4)28-17-7-6-8-18-28)42-33-23-13-11-21-31(33)40(32-22-12-14-24-34(32)42)36-27-38-41(30-20-10-9-19-29(30)36)35-25-15-16-26-37(35)43(38,2)3/h5-27H,1-4H3/b39-5-. The van der Waals surface area contributed by atoms with E-state index in [0.29, 0.717) is 0 Å². The van der Waals surface area contributed by atoms with E-state index in [-0.39, 0.29) is 5.41 Å². The van der Waals surface area contributed by atoms with Crippen LogP contribution in [0.25, 0.3) is 60.3 Å². The number of benzene rings is 7. The summed E-state index contributed by atoms with van der Waals surface area (Å²) in [5.74, 6) is 0. The van der Waals surface area contributed by atoms with E-state index in [4.69, 9.17) is 0 Å². The molecule has 212 valence electrons. The Morgan fingerprint density at radius 3 is 1.64 bits per heavy atom. The van der Waals surface area contributed by atoms with Crippen molar-refractivity contribution < 1.29 is 0 Å². The Kier molecular flexibility index (Phi) is 6.00. The molecule has 1 aliphatic rings. The molecule has 0 heterocycles. The second kappa shape index (κ2) is 9.96. The first kappa shape index (κ1) is 26.5. The summed E-state index contributed by atoms with van der Waals surface area (Å²) in [5.41, 5.74) is 11.7. The van der Waals surface area contributed by atoms with Crippen molar-refractivity contribution in [3.63, 3.8) is 0 Å². The minimum atomic E-state index is -0.0905. The average molecular weight is 566 g/mol. The molecular weight excluding hydrogens is 530 g/mol. The highest BCUT2D eigenvalue weighted by molar-refractivity contribution is 6.23. The van der Waals surface area contributed by atoms with Crippen LogP contribution in [0.4, 0.5) is 5.69 Å². The number of hydrogen-bond acceptors (Lipinski definition) is 1. The SMILES string of the molecule is C/C=C(/c1c2ccccc2c(-c2cc3c(c4ccccc24)-c2ccccc2C3(C)C)c2ccccc12)N(C)c1ccccc1. The van der Waals surface area contributed by atoms with Crippen LogP contribution in [0.5, 0.6) is 0 Å². The predicted molar refractivity (Wildman–Crippen MR) is 190 cm³/mol. The van der Waals surface area contributed by atoms with Gasteiger partial charge in [-0.05, 0) is 90.8 Å². The van der Waals surface area contributed by atoms with Gasteiger partial charge < -0.3 is 4.90 Å². The first-order valence-corrected chi connectivity index (χ1v) is 15.6. The Balaban J connectivity index is 1.49. The normalized spacial score (nSPS) is 13.8. The molecule has 0 saturated carbocycles. The van der Waals surface area contributed by atoms with Crippen LogP contribution in [0.1, 0.15) is 37.5 Å². The summed E-state index contributed by atoms with van der Waals surface area (Å²) >= 11 is 0. The highest BCUT2D eigenvalue weighted by atomic mass is 15.1. The minimum Gasteiger partial charge on any atom is -0.344 e. The van der Waals surface area contributed by atoms with Crippen molar-refractivity contribution in [2.75, 3.05) is 11.9 Å². The largest absolute Gasteiger partial charge is 0.344 e. The average Bonchev–Trinajstić information content (AvgIpc) is 3.31. The first-order valence-electron chi connectivity index (χ1n) is 15.6. The zero-order valence-corrected chi connectivity index (χ0v) is 25.7. The first-order chi connectivity index (χ1) is 21.5. The number of para-hydroxylation sites is 1. The van der Waals surface area contributed by atoms with Crippen molar-refractivity contribution in [3.8, 4) is 22.3 Å². The lowest BCUT2D eigenvalue weighted by molar-refractivity contribution is 0.661. The molecule has 0 radical (unpaired) electrons. The Labute approximate surface area is 259 Å². The molecule has 0 aliphatic heterocycles. The number of rotatable bonds is 4. The third-order valence-electron chi connectivity index (χ3n) is 9.82. The quantitative estimate of drug-likeness (QED) is 0.192. The molecule has 1 heteroatoms. The van der Waals surface area contributed by atoms with Crippen molar-refractivity contribution in [3.05, 3.63) is 156 Å². The predicted octanol–water partition coefficient (Wildman–Crippen LogP) is 11.6.